The summed E-state index contributed by atoms with van der Waals surface area (Å²) in [5, 5.41) is 8.68. The first-order valence-corrected chi connectivity index (χ1v) is 6.83. The third kappa shape index (κ3) is 2.81. The monoisotopic (exact) mass is 241 g/mol. The van der Waals surface area contributed by atoms with Crippen molar-refractivity contribution < 1.29 is 13.5 Å². The topological polar surface area (TPSA) is 66.4 Å². The predicted octanol–water partition coefficient (Wildman–Crippen LogP) is 0.761. The van der Waals surface area contributed by atoms with Crippen molar-refractivity contribution in [3.63, 3.8) is 0 Å². The summed E-state index contributed by atoms with van der Waals surface area (Å²) >= 11 is 0. The molecule has 88 valence electrons. The number of aliphatic hydroxyl groups is 1. The van der Waals surface area contributed by atoms with E-state index in [1.54, 1.807) is 12.1 Å². The van der Waals surface area contributed by atoms with E-state index in [9.17, 15) is 8.42 Å². The quantitative estimate of drug-likeness (QED) is 0.800. The van der Waals surface area contributed by atoms with Crippen molar-refractivity contribution in [1.82, 2.24) is 4.72 Å². The summed E-state index contributed by atoms with van der Waals surface area (Å²) in [6.45, 7) is 0.332. The Labute approximate surface area is 95.4 Å². The summed E-state index contributed by atoms with van der Waals surface area (Å²) in [6, 6.07) is 7.23. The van der Waals surface area contributed by atoms with Crippen molar-refractivity contribution in [2.45, 2.75) is 31.2 Å². The van der Waals surface area contributed by atoms with Gasteiger partial charge in [0.05, 0.1) is 11.9 Å². The second-order valence-electron chi connectivity index (χ2n) is 4.04. The molecule has 1 fully saturated rings. The first kappa shape index (κ1) is 11.6. The fourth-order valence-corrected chi connectivity index (χ4v) is 2.80. The molecular weight excluding hydrogens is 226 g/mol. The Bertz CT molecular complexity index is 449. The lowest BCUT2D eigenvalue weighted by Gasteiger charge is -2.05. The van der Waals surface area contributed by atoms with E-state index in [2.05, 4.69) is 4.72 Å². The maximum Gasteiger partial charge on any atom is 0.214 e. The summed E-state index contributed by atoms with van der Waals surface area (Å²) in [7, 11) is -3.10. The Kier molecular flexibility index (Phi) is 3.28. The minimum Gasteiger partial charge on any atom is -0.392 e. The Balaban J connectivity index is 1.94. The zero-order valence-electron chi connectivity index (χ0n) is 8.89. The van der Waals surface area contributed by atoms with Crippen molar-refractivity contribution in [3.8, 4) is 0 Å². The van der Waals surface area contributed by atoms with Gasteiger partial charge in [-0.2, -0.15) is 0 Å². The Hall–Kier alpha value is -0.910. The van der Waals surface area contributed by atoms with Crippen molar-refractivity contribution in [2.24, 2.45) is 0 Å². The van der Waals surface area contributed by atoms with Gasteiger partial charge in [0.2, 0.25) is 10.0 Å². The van der Waals surface area contributed by atoms with Crippen molar-refractivity contribution in [1.29, 1.82) is 0 Å². The van der Waals surface area contributed by atoms with Crippen molar-refractivity contribution >= 4 is 10.0 Å². The predicted molar refractivity (Wildman–Crippen MR) is 61.1 cm³/mol. The normalized spacial score (nSPS) is 16.3. The molecule has 0 heterocycles. The van der Waals surface area contributed by atoms with Gasteiger partial charge in [-0.1, -0.05) is 24.3 Å². The molecule has 0 unspecified atom stereocenters. The lowest BCUT2D eigenvalue weighted by molar-refractivity contribution is 0.282. The van der Waals surface area contributed by atoms with Crippen LogP contribution < -0.4 is 4.72 Å². The average Bonchev–Trinajstić information content (AvgIpc) is 3.11. The van der Waals surface area contributed by atoms with Crippen LogP contribution >= 0.6 is 0 Å². The largest absolute Gasteiger partial charge is 0.392 e. The summed E-state index contributed by atoms with van der Waals surface area (Å²) in [4.78, 5) is 0. The third-order valence-electron chi connectivity index (χ3n) is 2.65. The van der Waals surface area contributed by atoms with Crippen molar-refractivity contribution in [2.75, 3.05) is 0 Å². The van der Waals surface area contributed by atoms with E-state index < -0.39 is 10.0 Å². The van der Waals surface area contributed by atoms with E-state index in [-0.39, 0.29) is 11.9 Å². The van der Waals surface area contributed by atoms with Gasteiger partial charge in [-0.25, -0.2) is 13.1 Å². The molecule has 0 aromatic heterocycles. The SMILES string of the molecule is O=S(=O)(NCc1ccc(CO)cc1)C1CC1. The van der Waals surface area contributed by atoms with E-state index >= 15 is 0 Å². The first-order chi connectivity index (χ1) is 7.62. The molecular formula is C11H15NO3S. The molecule has 1 aliphatic carbocycles. The fraction of sp³-hybridized carbons (Fsp3) is 0.455. The number of benzene rings is 1. The highest BCUT2D eigenvalue weighted by Gasteiger charge is 2.35. The Morgan fingerprint density at radius 2 is 1.75 bits per heavy atom. The molecule has 0 amide bonds. The van der Waals surface area contributed by atoms with E-state index in [4.69, 9.17) is 5.11 Å². The molecule has 5 heteroatoms. The third-order valence-corrected chi connectivity index (χ3v) is 4.54. The van der Waals surface area contributed by atoms with Gasteiger partial charge in [0.15, 0.2) is 0 Å². The standard InChI is InChI=1S/C11H15NO3S/c13-8-10-3-1-9(2-4-10)7-12-16(14,15)11-5-6-11/h1-4,11-13H,5-8H2. The fourth-order valence-electron chi connectivity index (χ4n) is 1.44. The highest BCUT2D eigenvalue weighted by Crippen LogP contribution is 2.27. The van der Waals surface area contributed by atoms with Crippen LogP contribution in [-0.2, 0) is 23.2 Å². The highest BCUT2D eigenvalue weighted by atomic mass is 32.2. The van der Waals surface area contributed by atoms with Crippen LogP contribution in [0.3, 0.4) is 0 Å². The highest BCUT2D eigenvalue weighted by molar-refractivity contribution is 7.90. The molecule has 0 saturated heterocycles. The van der Waals surface area contributed by atoms with Gasteiger partial charge in [0.1, 0.15) is 0 Å². The van der Waals surface area contributed by atoms with E-state index in [0.29, 0.717) is 6.54 Å². The molecule has 1 aromatic rings. The molecule has 0 aliphatic heterocycles. The van der Waals surface area contributed by atoms with Crippen LogP contribution in [0, 0.1) is 0 Å². The van der Waals surface area contributed by atoms with Crippen LogP contribution in [0.15, 0.2) is 24.3 Å². The Morgan fingerprint density at radius 1 is 1.19 bits per heavy atom. The van der Waals surface area contributed by atoms with Gasteiger partial charge in [-0.15, -0.1) is 0 Å². The molecule has 4 nitrogen and oxygen atoms in total. The molecule has 1 saturated carbocycles. The van der Waals surface area contributed by atoms with Crippen LogP contribution in [0.4, 0.5) is 0 Å². The molecule has 1 aromatic carbocycles. The number of sulfonamides is 1. The van der Waals surface area contributed by atoms with E-state index in [0.717, 1.165) is 24.0 Å². The van der Waals surface area contributed by atoms with Gasteiger partial charge in [0.25, 0.3) is 0 Å². The minimum absolute atomic E-state index is 0.00802. The Morgan fingerprint density at radius 3 is 2.25 bits per heavy atom. The summed E-state index contributed by atoms with van der Waals surface area (Å²) in [5.41, 5.74) is 1.73. The van der Waals surface area contributed by atoms with Crippen LogP contribution in [-0.4, -0.2) is 18.8 Å². The molecule has 0 atom stereocenters. The maximum absolute atomic E-state index is 11.5. The number of nitrogens with one attached hydrogen (secondary N) is 1. The van der Waals surface area contributed by atoms with Gasteiger partial charge in [-0.3, -0.25) is 0 Å². The smallest absolute Gasteiger partial charge is 0.214 e. The lowest BCUT2D eigenvalue weighted by atomic mass is 10.1. The maximum atomic E-state index is 11.5. The molecule has 2 N–H and O–H groups in total. The molecule has 0 spiro atoms. The molecule has 1 aliphatic rings. The molecule has 0 bridgehead atoms. The zero-order chi connectivity index (χ0) is 11.6. The second kappa shape index (κ2) is 4.53. The van der Waals surface area contributed by atoms with E-state index in [1.165, 1.54) is 0 Å². The number of hydrogen-bond acceptors (Lipinski definition) is 3. The molecule has 2 rings (SSSR count). The lowest BCUT2D eigenvalue weighted by Crippen LogP contribution is -2.26. The summed E-state index contributed by atoms with van der Waals surface area (Å²) in [6.07, 6.45) is 1.55. The molecule has 16 heavy (non-hydrogen) atoms. The van der Waals surface area contributed by atoms with Gasteiger partial charge in [-0.05, 0) is 24.0 Å². The zero-order valence-corrected chi connectivity index (χ0v) is 9.70. The molecule has 0 radical (unpaired) electrons. The van der Waals surface area contributed by atoms with Crippen LogP contribution in [0.5, 0.6) is 0 Å². The van der Waals surface area contributed by atoms with Crippen molar-refractivity contribution in [3.05, 3.63) is 35.4 Å². The van der Waals surface area contributed by atoms with Crippen LogP contribution in [0.2, 0.25) is 0 Å². The number of aliphatic hydroxyl groups excluding tert-OH is 1. The minimum atomic E-state index is -3.10. The van der Waals surface area contributed by atoms with Gasteiger partial charge < -0.3 is 5.11 Å². The number of hydrogen-bond donors (Lipinski definition) is 2. The first-order valence-electron chi connectivity index (χ1n) is 5.29. The number of rotatable bonds is 5. The van der Waals surface area contributed by atoms with Crippen LogP contribution in [0.1, 0.15) is 24.0 Å². The van der Waals surface area contributed by atoms with Gasteiger partial charge in [0, 0.05) is 6.54 Å². The van der Waals surface area contributed by atoms with Gasteiger partial charge >= 0.3 is 0 Å². The summed E-state index contributed by atoms with van der Waals surface area (Å²) in [5.74, 6) is 0. The average molecular weight is 241 g/mol. The summed E-state index contributed by atoms with van der Waals surface area (Å²) < 4.78 is 25.7. The van der Waals surface area contributed by atoms with Crippen LogP contribution in [0.25, 0.3) is 0 Å². The van der Waals surface area contributed by atoms with E-state index in [1.807, 2.05) is 12.1 Å². The second-order valence-corrected chi connectivity index (χ2v) is 6.09.